The smallest absolute Gasteiger partial charge is 0.548 e. The molecule has 1 fully saturated rings. The van der Waals surface area contributed by atoms with Crippen molar-refractivity contribution in [3.8, 4) is 0 Å². The van der Waals surface area contributed by atoms with Gasteiger partial charge in [0.05, 0.1) is 18.1 Å². The maximum absolute atomic E-state index is 12.5. The molecule has 23 heavy (non-hydrogen) atoms. The molecule has 1 aliphatic rings. The van der Waals surface area contributed by atoms with E-state index in [1.807, 2.05) is 30.3 Å². The third-order valence-electron chi connectivity index (χ3n) is 3.65. The summed E-state index contributed by atoms with van der Waals surface area (Å²) in [5.74, 6) is -1.24. The van der Waals surface area contributed by atoms with Crippen molar-refractivity contribution in [2.24, 2.45) is 0 Å². The van der Waals surface area contributed by atoms with Crippen molar-refractivity contribution in [2.75, 3.05) is 5.32 Å². The van der Waals surface area contributed by atoms with Crippen LogP contribution in [0.15, 0.2) is 35.8 Å². The Morgan fingerprint density at radius 2 is 2.00 bits per heavy atom. The van der Waals surface area contributed by atoms with Crippen LogP contribution in [0.4, 0.5) is 9.93 Å². The van der Waals surface area contributed by atoms with E-state index < -0.39 is 18.0 Å². The number of likely N-dealkylation sites (tertiary alicyclic amines) is 1. The van der Waals surface area contributed by atoms with Gasteiger partial charge in [0.15, 0.2) is 0 Å². The standard InChI is InChI=1S/C14H14N4O3S.K/c19-12(20)11-7-6-10(9-4-2-1-3-5-9)18(11)14(21)16-13-17-15-8-22-13;/h1-5,8,10-11H,6-7H2,(H,19,20)(H,16,17,21);/q;+1/p-1/t10-,11-;/m0./s1. The molecule has 2 atom stereocenters. The van der Waals surface area contributed by atoms with E-state index >= 15 is 0 Å². The molecule has 1 aliphatic heterocycles. The number of carbonyl (C=O) groups excluding carboxylic acids is 2. The molecule has 9 heteroatoms. The van der Waals surface area contributed by atoms with Gasteiger partial charge in [0.2, 0.25) is 5.13 Å². The minimum atomic E-state index is -1.24. The molecule has 0 unspecified atom stereocenters. The molecular formula is C14H13KN4O3S. The molecular weight excluding hydrogens is 343 g/mol. The topological polar surface area (TPSA) is 98.2 Å². The molecule has 0 spiro atoms. The number of benzene rings is 1. The molecule has 1 aromatic carbocycles. The van der Waals surface area contributed by atoms with Gasteiger partial charge in [-0.3, -0.25) is 5.32 Å². The van der Waals surface area contributed by atoms with Crippen molar-refractivity contribution in [3.63, 3.8) is 0 Å². The molecule has 2 aromatic rings. The van der Waals surface area contributed by atoms with E-state index in [0.717, 1.165) is 5.56 Å². The summed E-state index contributed by atoms with van der Waals surface area (Å²) in [6, 6.07) is 7.62. The van der Waals surface area contributed by atoms with Crippen molar-refractivity contribution < 1.29 is 66.1 Å². The van der Waals surface area contributed by atoms with Gasteiger partial charge in [-0.25, -0.2) is 4.79 Å². The summed E-state index contributed by atoms with van der Waals surface area (Å²) in [6.45, 7) is 0. The summed E-state index contributed by atoms with van der Waals surface area (Å²) in [7, 11) is 0. The van der Waals surface area contributed by atoms with Gasteiger partial charge < -0.3 is 14.8 Å². The van der Waals surface area contributed by atoms with Crippen molar-refractivity contribution in [2.45, 2.75) is 24.9 Å². The van der Waals surface area contributed by atoms with Crippen LogP contribution >= 0.6 is 11.3 Å². The summed E-state index contributed by atoms with van der Waals surface area (Å²) in [6.07, 6.45) is 0.942. The molecule has 1 aromatic heterocycles. The first kappa shape index (κ1) is 18.5. The van der Waals surface area contributed by atoms with E-state index in [4.69, 9.17) is 0 Å². The zero-order chi connectivity index (χ0) is 15.5. The Bertz CT molecular complexity index is 668. The molecule has 3 rings (SSSR count). The van der Waals surface area contributed by atoms with E-state index in [9.17, 15) is 14.7 Å². The molecule has 0 radical (unpaired) electrons. The number of hydrogen-bond acceptors (Lipinski definition) is 6. The number of nitrogens with zero attached hydrogens (tertiary/aromatic N) is 3. The Labute approximate surface area is 179 Å². The van der Waals surface area contributed by atoms with Crippen LogP contribution in [-0.4, -0.2) is 33.1 Å². The fraction of sp³-hybridized carbons (Fsp3) is 0.286. The molecule has 0 bridgehead atoms. The number of carboxylic acid groups (broad SMARTS) is 1. The second-order valence-corrected chi connectivity index (χ2v) is 5.75. The van der Waals surface area contributed by atoms with Crippen LogP contribution in [-0.2, 0) is 4.79 Å². The second-order valence-electron chi connectivity index (χ2n) is 4.92. The Balaban J connectivity index is 0.00000192. The molecule has 114 valence electrons. The summed E-state index contributed by atoms with van der Waals surface area (Å²) < 4.78 is 0. The molecule has 0 aliphatic carbocycles. The van der Waals surface area contributed by atoms with Gasteiger partial charge in [-0.05, 0) is 18.4 Å². The predicted molar refractivity (Wildman–Crippen MR) is 78.0 cm³/mol. The Morgan fingerprint density at radius 3 is 2.61 bits per heavy atom. The van der Waals surface area contributed by atoms with Gasteiger partial charge in [-0.2, -0.15) is 0 Å². The van der Waals surface area contributed by atoms with Crippen LogP contribution in [0.25, 0.3) is 0 Å². The summed E-state index contributed by atoms with van der Waals surface area (Å²) in [5.41, 5.74) is 2.39. The average Bonchev–Trinajstić information content (AvgIpc) is 3.16. The van der Waals surface area contributed by atoms with E-state index in [1.54, 1.807) is 0 Å². The normalized spacial score (nSPS) is 19.9. The Kier molecular flexibility index (Phi) is 6.68. The Morgan fingerprint density at radius 1 is 1.26 bits per heavy atom. The number of nitrogens with one attached hydrogen (secondary N) is 1. The number of carbonyl (C=O) groups is 2. The minimum Gasteiger partial charge on any atom is -0.548 e. The minimum absolute atomic E-state index is 0. The second kappa shape index (κ2) is 8.31. The fourth-order valence-corrected chi connectivity index (χ4v) is 3.15. The quantitative estimate of drug-likeness (QED) is 0.644. The van der Waals surface area contributed by atoms with Crippen LogP contribution in [0.5, 0.6) is 0 Å². The number of rotatable bonds is 3. The SMILES string of the molecule is O=C([O-])[C@@H]1CC[C@@H](c2ccccc2)N1C(=O)Nc1nncs1.[K+]. The van der Waals surface area contributed by atoms with Crippen LogP contribution in [0.1, 0.15) is 24.4 Å². The van der Waals surface area contributed by atoms with Gasteiger partial charge in [-0.1, -0.05) is 41.7 Å². The number of urea groups is 1. The van der Waals surface area contributed by atoms with Crippen LogP contribution < -0.4 is 61.8 Å². The van der Waals surface area contributed by atoms with Gasteiger partial charge in [0, 0.05) is 0 Å². The number of hydrogen-bond donors (Lipinski definition) is 1. The average molecular weight is 356 g/mol. The van der Waals surface area contributed by atoms with Crippen molar-refractivity contribution in [1.29, 1.82) is 0 Å². The van der Waals surface area contributed by atoms with Crippen LogP contribution in [0.2, 0.25) is 0 Å². The largest absolute Gasteiger partial charge is 1.00 e. The zero-order valence-electron chi connectivity index (χ0n) is 12.5. The molecule has 7 nitrogen and oxygen atoms in total. The maximum Gasteiger partial charge on any atom is 1.00 e. The molecule has 0 saturated carbocycles. The monoisotopic (exact) mass is 356 g/mol. The first-order valence-corrected chi connectivity index (χ1v) is 7.66. The van der Waals surface area contributed by atoms with Crippen molar-refractivity contribution in [3.05, 3.63) is 41.4 Å². The zero-order valence-corrected chi connectivity index (χ0v) is 16.4. The first-order chi connectivity index (χ1) is 10.7. The number of aromatic nitrogens is 2. The molecule has 2 amide bonds. The van der Waals surface area contributed by atoms with Crippen molar-refractivity contribution >= 4 is 28.5 Å². The molecule has 2 heterocycles. The van der Waals surface area contributed by atoms with Gasteiger partial charge >= 0.3 is 57.4 Å². The van der Waals surface area contributed by atoms with Crippen LogP contribution in [0, 0.1) is 0 Å². The number of carboxylic acids is 1. The van der Waals surface area contributed by atoms with E-state index in [1.165, 1.54) is 21.7 Å². The first-order valence-electron chi connectivity index (χ1n) is 6.78. The van der Waals surface area contributed by atoms with Gasteiger partial charge in [0.1, 0.15) is 5.51 Å². The van der Waals surface area contributed by atoms with E-state index in [2.05, 4.69) is 15.5 Å². The third-order valence-corrected chi connectivity index (χ3v) is 4.26. The molecule has 1 saturated heterocycles. The fourth-order valence-electron chi connectivity index (χ4n) is 2.71. The van der Waals surface area contributed by atoms with Crippen LogP contribution in [0.3, 0.4) is 0 Å². The predicted octanol–water partition coefficient (Wildman–Crippen LogP) is -1.97. The Hall–Kier alpha value is -0.844. The summed E-state index contributed by atoms with van der Waals surface area (Å²) in [4.78, 5) is 25.1. The summed E-state index contributed by atoms with van der Waals surface area (Å²) in [5, 5.41) is 21.6. The number of amides is 2. The molecule has 1 N–H and O–H groups in total. The maximum atomic E-state index is 12.5. The van der Waals surface area contributed by atoms with Crippen molar-refractivity contribution in [1.82, 2.24) is 15.1 Å². The summed E-state index contributed by atoms with van der Waals surface area (Å²) >= 11 is 1.17. The number of anilines is 1. The van der Waals surface area contributed by atoms with Gasteiger partial charge in [0.25, 0.3) is 0 Å². The third kappa shape index (κ3) is 4.17. The van der Waals surface area contributed by atoms with E-state index in [0.29, 0.717) is 18.0 Å². The number of aliphatic carboxylic acids is 1. The van der Waals surface area contributed by atoms with Gasteiger partial charge in [-0.15, -0.1) is 10.2 Å². The van der Waals surface area contributed by atoms with E-state index in [-0.39, 0.29) is 57.4 Å².